The van der Waals surface area contributed by atoms with Crippen LogP contribution in [-0.4, -0.2) is 62.7 Å². The Hall–Kier alpha value is -1.61. The van der Waals surface area contributed by atoms with Gasteiger partial charge in [0.25, 0.3) is 0 Å². The third-order valence-corrected chi connectivity index (χ3v) is 4.55. The van der Waals surface area contributed by atoms with Gasteiger partial charge in [0, 0.05) is 54.5 Å². The van der Waals surface area contributed by atoms with Gasteiger partial charge in [-0.05, 0) is 46.8 Å². The SMILES string of the molecule is CCN(CC)C([S-])=NN=C(C)C(=NN=C([S-])N(CC)CC)c1cccnc1.[Cu+2]. The van der Waals surface area contributed by atoms with Crippen LogP contribution in [0.2, 0.25) is 0 Å². The Morgan fingerprint density at radius 3 is 1.82 bits per heavy atom. The number of aromatic nitrogens is 1. The molecule has 0 aliphatic carbocycles. The van der Waals surface area contributed by atoms with E-state index in [1.807, 2.05) is 56.6 Å². The van der Waals surface area contributed by atoms with Crippen molar-refractivity contribution in [2.45, 2.75) is 34.6 Å². The van der Waals surface area contributed by atoms with Crippen molar-refractivity contribution < 1.29 is 17.1 Å². The predicted molar refractivity (Wildman–Crippen MR) is 119 cm³/mol. The first kappa shape index (κ1) is 26.4. The van der Waals surface area contributed by atoms with Gasteiger partial charge in [-0.25, -0.2) is 0 Å². The summed E-state index contributed by atoms with van der Waals surface area (Å²) >= 11 is 10.7. The first-order chi connectivity index (χ1) is 13.0. The summed E-state index contributed by atoms with van der Waals surface area (Å²) in [6.45, 7) is 13.0. The fraction of sp³-hybridized carbons (Fsp3) is 0.500. The zero-order chi connectivity index (χ0) is 20.2. The van der Waals surface area contributed by atoms with Crippen LogP contribution in [-0.2, 0) is 42.3 Å². The minimum absolute atomic E-state index is 0. The molecule has 1 aromatic rings. The zero-order valence-corrected chi connectivity index (χ0v) is 19.5. The summed E-state index contributed by atoms with van der Waals surface area (Å²) in [5.41, 5.74) is 1.93. The molecule has 0 spiro atoms. The van der Waals surface area contributed by atoms with Crippen LogP contribution >= 0.6 is 0 Å². The van der Waals surface area contributed by atoms with E-state index in [-0.39, 0.29) is 17.1 Å². The van der Waals surface area contributed by atoms with Crippen LogP contribution in [0.15, 0.2) is 44.9 Å². The summed E-state index contributed by atoms with van der Waals surface area (Å²) in [5.74, 6) is 0. The molecule has 0 amide bonds. The van der Waals surface area contributed by atoms with E-state index >= 15 is 0 Å². The third-order valence-electron chi connectivity index (χ3n) is 3.87. The number of rotatable bonds is 8. The van der Waals surface area contributed by atoms with Crippen LogP contribution < -0.4 is 0 Å². The van der Waals surface area contributed by atoms with Crippen molar-refractivity contribution in [2.24, 2.45) is 20.4 Å². The normalized spacial score (nSPS) is 13.2. The number of pyridine rings is 1. The third kappa shape index (κ3) is 8.18. The molecule has 1 heterocycles. The Kier molecular flexibility index (Phi) is 13.6. The maximum atomic E-state index is 5.35. The number of amidine groups is 2. The van der Waals surface area contributed by atoms with Crippen molar-refractivity contribution >= 4 is 47.0 Å². The van der Waals surface area contributed by atoms with Gasteiger partial charge in [-0.2, -0.15) is 15.3 Å². The summed E-state index contributed by atoms with van der Waals surface area (Å²) in [7, 11) is 0. The molecule has 0 aliphatic heterocycles. The van der Waals surface area contributed by atoms with Crippen LogP contribution in [0.4, 0.5) is 0 Å². The smallest absolute Gasteiger partial charge is 0.741 e. The average Bonchev–Trinajstić information content (AvgIpc) is 2.69. The summed E-state index contributed by atoms with van der Waals surface area (Å²) in [6, 6.07) is 3.72. The zero-order valence-electron chi connectivity index (χ0n) is 16.9. The molecule has 0 N–H and O–H groups in total. The minimum Gasteiger partial charge on any atom is -0.741 e. The summed E-state index contributed by atoms with van der Waals surface area (Å²) in [6.07, 6.45) is 3.40. The standard InChI is InChI=1S/C18H29N7S2.Cu/c1-6-24(7-2)17(26)22-20-14(5)16(15-11-10-12-19-13-15)21-23-18(27)25(8-3)9-4;/h10-13H,6-9H2,1-5H3,(H,22,26)(H,23,27);/q;+2/p-2. The molecule has 1 radical (unpaired) electrons. The van der Waals surface area contributed by atoms with Crippen molar-refractivity contribution in [1.29, 1.82) is 0 Å². The molecule has 1 rings (SSSR count). The Morgan fingerprint density at radius 2 is 1.39 bits per heavy atom. The van der Waals surface area contributed by atoms with E-state index < -0.39 is 0 Å². The molecular weight excluding hydrogens is 442 g/mol. The van der Waals surface area contributed by atoms with Crippen molar-refractivity contribution in [3.63, 3.8) is 0 Å². The van der Waals surface area contributed by atoms with Gasteiger partial charge >= 0.3 is 17.1 Å². The molecule has 0 aromatic carbocycles. The van der Waals surface area contributed by atoms with Crippen molar-refractivity contribution in [2.75, 3.05) is 26.2 Å². The summed E-state index contributed by atoms with van der Waals surface area (Å²) < 4.78 is 0. The second-order valence-electron chi connectivity index (χ2n) is 5.49. The predicted octanol–water partition coefficient (Wildman–Crippen LogP) is 2.65. The quantitative estimate of drug-likeness (QED) is 0.193. The van der Waals surface area contributed by atoms with Gasteiger partial charge in [0.05, 0.1) is 5.71 Å². The average molecular weight is 469 g/mol. The molecule has 10 heteroatoms. The molecule has 1 aromatic heterocycles. The van der Waals surface area contributed by atoms with E-state index in [1.165, 1.54) is 0 Å². The molecule has 0 fully saturated rings. The fourth-order valence-electron chi connectivity index (χ4n) is 2.21. The van der Waals surface area contributed by atoms with Gasteiger partial charge in [0.2, 0.25) is 0 Å². The molecule has 0 bridgehead atoms. The molecule has 7 nitrogen and oxygen atoms in total. The summed E-state index contributed by atoms with van der Waals surface area (Å²) in [5, 5.41) is 17.9. The molecule has 157 valence electrons. The van der Waals surface area contributed by atoms with Gasteiger partial charge < -0.3 is 35.1 Å². The van der Waals surface area contributed by atoms with Crippen LogP contribution in [0, 0.1) is 0 Å². The van der Waals surface area contributed by atoms with Crippen LogP contribution in [0.5, 0.6) is 0 Å². The van der Waals surface area contributed by atoms with E-state index in [9.17, 15) is 0 Å². The first-order valence-corrected chi connectivity index (χ1v) is 9.82. The number of nitrogens with zero attached hydrogens (tertiary/aromatic N) is 7. The van der Waals surface area contributed by atoms with Gasteiger partial charge in [0.1, 0.15) is 5.71 Å². The van der Waals surface area contributed by atoms with Crippen molar-refractivity contribution in [1.82, 2.24) is 14.8 Å². The fourth-order valence-corrected chi connectivity index (χ4v) is 2.81. The van der Waals surface area contributed by atoms with Crippen LogP contribution in [0.3, 0.4) is 0 Å². The molecule has 0 atom stereocenters. The number of hydrogen-bond donors (Lipinski definition) is 0. The van der Waals surface area contributed by atoms with E-state index in [2.05, 4.69) is 25.4 Å². The van der Waals surface area contributed by atoms with Crippen molar-refractivity contribution in [3.8, 4) is 0 Å². The van der Waals surface area contributed by atoms with Crippen LogP contribution in [0.1, 0.15) is 40.2 Å². The maximum Gasteiger partial charge on any atom is 2.00 e. The van der Waals surface area contributed by atoms with E-state index in [0.29, 0.717) is 21.8 Å². The van der Waals surface area contributed by atoms with Gasteiger partial charge in [0.15, 0.2) is 0 Å². The monoisotopic (exact) mass is 468 g/mol. The van der Waals surface area contributed by atoms with Gasteiger partial charge in [-0.15, -0.1) is 5.10 Å². The van der Waals surface area contributed by atoms with E-state index in [0.717, 1.165) is 31.7 Å². The summed E-state index contributed by atoms with van der Waals surface area (Å²) in [4.78, 5) is 8.05. The molecular formula is C18H27CuN7S2. The Bertz CT molecular complexity index is 697. The molecule has 0 saturated carbocycles. The van der Waals surface area contributed by atoms with E-state index in [4.69, 9.17) is 25.3 Å². The topological polar surface area (TPSA) is 68.8 Å². The molecule has 0 unspecified atom stereocenters. The molecule has 0 aliphatic rings. The van der Waals surface area contributed by atoms with E-state index in [1.54, 1.807) is 12.4 Å². The number of hydrogen-bond acceptors (Lipinski definition) is 7. The molecule has 28 heavy (non-hydrogen) atoms. The molecule has 0 saturated heterocycles. The Labute approximate surface area is 189 Å². The van der Waals surface area contributed by atoms with Gasteiger partial charge in [-0.3, -0.25) is 4.98 Å². The largest absolute Gasteiger partial charge is 2.00 e. The van der Waals surface area contributed by atoms with Crippen molar-refractivity contribution in [3.05, 3.63) is 30.1 Å². The second kappa shape index (κ2) is 14.4. The second-order valence-corrected chi connectivity index (χ2v) is 6.22. The Morgan fingerprint density at radius 1 is 0.893 bits per heavy atom. The maximum absolute atomic E-state index is 5.35. The first-order valence-electron chi connectivity index (χ1n) is 9.00. The van der Waals surface area contributed by atoms with Gasteiger partial charge in [-0.1, -0.05) is 0 Å². The minimum atomic E-state index is 0. The Balaban J connectivity index is 0.00000729. The van der Waals surface area contributed by atoms with Crippen LogP contribution in [0.25, 0.3) is 0 Å².